The average Bonchev–Trinajstić information content (AvgIpc) is 2.25. The monoisotopic (exact) mass is 222 g/mol. The van der Waals surface area contributed by atoms with E-state index in [1.165, 1.54) is 7.11 Å². The van der Waals surface area contributed by atoms with Gasteiger partial charge in [-0.25, -0.2) is 4.79 Å². The number of carbonyl (C=O) groups excluding carboxylic acids is 1. The van der Waals surface area contributed by atoms with Gasteiger partial charge in [-0.05, 0) is 11.1 Å². The summed E-state index contributed by atoms with van der Waals surface area (Å²) in [4.78, 5) is 11.2. The molecule has 0 radical (unpaired) electrons. The van der Waals surface area contributed by atoms with Crippen LogP contribution in [0.3, 0.4) is 0 Å². The number of aliphatic hydroxyl groups excluding tert-OH is 1. The van der Waals surface area contributed by atoms with Gasteiger partial charge in [-0.1, -0.05) is 24.3 Å². The maximum absolute atomic E-state index is 11.2. The van der Waals surface area contributed by atoms with Crippen molar-refractivity contribution < 1.29 is 19.4 Å². The van der Waals surface area contributed by atoms with Gasteiger partial charge in [-0.15, -0.1) is 0 Å². The molecule has 0 spiro atoms. The lowest BCUT2D eigenvalue weighted by molar-refractivity contribution is -0.150. The first kappa shape index (κ1) is 11.1. The molecule has 1 atom stereocenters. The lowest BCUT2D eigenvalue weighted by Crippen LogP contribution is -2.25. The molecule has 0 aromatic heterocycles. The van der Waals surface area contributed by atoms with Crippen molar-refractivity contribution in [2.75, 3.05) is 20.3 Å². The number of carbonyl (C=O) groups is 1. The van der Waals surface area contributed by atoms with Crippen molar-refractivity contribution in [2.45, 2.75) is 12.0 Å². The van der Waals surface area contributed by atoms with Crippen molar-refractivity contribution in [1.29, 1.82) is 0 Å². The Labute approximate surface area is 93.8 Å². The number of benzene rings is 1. The van der Waals surface area contributed by atoms with Crippen LogP contribution in [0.25, 0.3) is 0 Å². The summed E-state index contributed by atoms with van der Waals surface area (Å²) in [5.41, 5.74) is 1.66. The van der Waals surface area contributed by atoms with Gasteiger partial charge in [0.15, 0.2) is 6.10 Å². The summed E-state index contributed by atoms with van der Waals surface area (Å²) in [5, 5.41) is 9.68. The zero-order valence-corrected chi connectivity index (χ0v) is 9.05. The topological polar surface area (TPSA) is 55.8 Å². The number of hydrogen-bond donors (Lipinski definition) is 1. The summed E-state index contributed by atoms with van der Waals surface area (Å²) in [7, 11) is 1.26. The summed E-state index contributed by atoms with van der Waals surface area (Å²) in [6.07, 6.45) is -1.20. The first-order chi connectivity index (χ1) is 7.72. The lowest BCUT2D eigenvalue weighted by atomic mass is 9.94. The maximum atomic E-state index is 11.2. The molecule has 1 aliphatic heterocycles. The predicted octanol–water partition coefficient (Wildman–Crippen LogP) is 1.01. The molecule has 0 aliphatic carbocycles. The normalized spacial score (nSPS) is 17.6. The van der Waals surface area contributed by atoms with Crippen molar-refractivity contribution in [1.82, 2.24) is 0 Å². The highest BCUT2D eigenvalue weighted by Crippen LogP contribution is 2.26. The van der Waals surface area contributed by atoms with Gasteiger partial charge in [-0.2, -0.15) is 0 Å². The molecule has 1 saturated heterocycles. The zero-order valence-electron chi connectivity index (χ0n) is 9.05. The standard InChI is InChI=1S/C12H14O4/c1-15-12(14)11(13)9-4-2-3-8(5-9)10-6-16-7-10/h2-5,10-11,13H,6-7H2,1H3. The predicted molar refractivity (Wildman–Crippen MR) is 57.0 cm³/mol. The van der Waals surface area contributed by atoms with Gasteiger partial charge in [0, 0.05) is 5.92 Å². The van der Waals surface area contributed by atoms with Gasteiger partial charge in [0.25, 0.3) is 0 Å². The molecule has 1 aromatic carbocycles. The zero-order chi connectivity index (χ0) is 11.5. The lowest BCUT2D eigenvalue weighted by Gasteiger charge is -2.26. The Morgan fingerprint density at radius 2 is 2.31 bits per heavy atom. The molecule has 0 amide bonds. The third-order valence-electron chi connectivity index (χ3n) is 2.76. The molecule has 1 heterocycles. The van der Waals surface area contributed by atoms with Crippen LogP contribution in [0.15, 0.2) is 24.3 Å². The van der Waals surface area contributed by atoms with E-state index in [1.807, 2.05) is 18.2 Å². The van der Waals surface area contributed by atoms with Crippen LogP contribution in [0, 0.1) is 0 Å². The Hall–Kier alpha value is -1.39. The van der Waals surface area contributed by atoms with E-state index in [0.29, 0.717) is 24.7 Å². The van der Waals surface area contributed by atoms with E-state index in [4.69, 9.17) is 4.74 Å². The molecular formula is C12H14O4. The highest BCUT2D eigenvalue weighted by Gasteiger charge is 2.23. The number of esters is 1. The fourth-order valence-electron chi connectivity index (χ4n) is 1.66. The van der Waals surface area contributed by atoms with Crippen LogP contribution in [-0.4, -0.2) is 31.4 Å². The van der Waals surface area contributed by atoms with Gasteiger partial charge in [0.2, 0.25) is 0 Å². The van der Waals surface area contributed by atoms with Gasteiger partial charge in [0.05, 0.1) is 20.3 Å². The Bertz CT molecular complexity index is 384. The second-order valence-corrected chi connectivity index (χ2v) is 3.83. The average molecular weight is 222 g/mol. The third-order valence-corrected chi connectivity index (χ3v) is 2.76. The van der Waals surface area contributed by atoms with Crippen molar-refractivity contribution in [2.24, 2.45) is 0 Å². The van der Waals surface area contributed by atoms with Crippen LogP contribution in [-0.2, 0) is 14.3 Å². The minimum absolute atomic E-state index is 0.379. The minimum atomic E-state index is -1.20. The highest BCUT2D eigenvalue weighted by molar-refractivity contribution is 5.76. The molecule has 1 aliphatic rings. The fraction of sp³-hybridized carbons (Fsp3) is 0.417. The van der Waals surface area contributed by atoms with Crippen LogP contribution in [0.5, 0.6) is 0 Å². The third kappa shape index (κ3) is 2.08. The summed E-state index contributed by atoms with van der Waals surface area (Å²) < 4.78 is 9.60. The van der Waals surface area contributed by atoms with Gasteiger partial charge in [0.1, 0.15) is 0 Å². The van der Waals surface area contributed by atoms with E-state index in [2.05, 4.69) is 4.74 Å². The van der Waals surface area contributed by atoms with Crippen molar-refractivity contribution in [3.63, 3.8) is 0 Å². The summed E-state index contributed by atoms with van der Waals surface area (Å²) >= 11 is 0. The summed E-state index contributed by atoms with van der Waals surface area (Å²) in [5.74, 6) is -0.258. The number of aliphatic hydroxyl groups is 1. The first-order valence-electron chi connectivity index (χ1n) is 5.16. The van der Waals surface area contributed by atoms with E-state index in [9.17, 15) is 9.90 Å². The number of rotatable bonds is 3. The van der Waals surface area contributed by atoms with Gasteiger partial charge in [-0.3, -0.25) is 0 Å². The largest absolute Gasteiger partial charge is 0.467 e. The molecule has 86 valence electrons. The molecule has 4 heteroatoms. The van der Waals surface area contributed by atoms with Gasteiger partial charge >= 0.3 is 5.97 Å². The molecule has 1 fully saturated rings. The SMILES string of the molecule is COC(=O)C(O)c1cccc(C2COC2)c1. The highest BCUT2D eigenvalue weighted by atomic mass is 16.5. The molecule has 2 rings (SSSR count). The molecular weight excluding hydrogens is 208 g/mol. The molecule has 16 heavy (non-hydrogen) atoms. The number of hydrogen-bond acceptors (Lipinski definition) is 4. The van der Waals surface area contributed by atoms with E-state index < -0.39 is 12.1 Å². The molecule has 1 aromatic rings. The van der Waals surface area contributed by atoms with Crippen LogP contribution < -0.4 is 0 Å². The van der Waals surface area contributed by atoms with E-state index >= 15 is 0 Å². The summed E-state index contributed by atoms with van der Waals surface area (Å²) in [6.45, 7) is 1.41. The van der Waals surface area contributed by atoms with Crippen molar-refractivity contribution >= 4 is 5.97 Å². The Morgan fingerprint density at radius 3 is 2.88 bits per heavy atom. The quantitative estimate of drug-likeness (QED) is 0.775. The molecule has 0 bridgehead atoms. The van der Waals surface area contributed by atoms with Crippen LogP contribution >= 0.6 is 0 Å². The van der Waals surface area contributed by atoms with Crippen molar-refractivity contribution in [3.8, 4) is 0 Å². The molecule has 1 unspecified atom stereocenters. The number of methoxy groups -OCH3 is 1. The Kier molecular flexibility index (Phi) is 3.22. The molecule has 1 N–H and O–H groups in total. The van der Waals surface area contributed by atoms with Crippen LogP contribution in [0.2, 0.25) is 0 Å². The van der Waals surface area contributed by atoms with E-state index in [0.717, 1.165) is 5.56 Å². The Morgan fingerprint density at radius 1 is 1.56 bits per heavy atom. The minimum Gasteiger partial charge on any atom is -0.467 e. The maximum Gasteiger partial charge on any atom is 0.339 e. The van der Waals surface area contributed by atoms with Crippen LogP contribution in [0.1, 0.15) is 23.1 Å². The van der Waals surface area contributed by atoms with Crippen molar-refractivity contribution in [3.05, 3.63) is 35.4 Å². The van der Waals surface area contributed by atoms with Crippen LogP contribution in [0.4, 0.5) is 0 Å². The van der Waals surface area contributed by atoms with E-state index in [1.54, 1.807) is 6.07 Å². The number of ether oxygens (including phenoxy) is 2. The second kappa shape index (κ2) is 4.63. The first-order valence-corrected chi connectivity index (χ1v) is 5.16. The second-order valence-electron chi connectivity index (χ2n) is 3.83. The smallest absolute Gasteiger partial charge is 0.339 e. The molecule has 0 saturated carbocycles. The Balaban J connectivity index is 2.17. The van der Waals surface area contributed by atoms with Gasteiger partial charge < -0.3 is 14.6 Å². The van der Waals surface area contributed by atoms with E-state index in [-0.39, 0.29) is 0 Å². The summed E-state index contributed by atoms with van der Waals surface area (Å²) in [6, 6.07) is 7.34. The fourth-order valence-corrected chi connectivity index (χ4v) is 1.66. The molecule has 4 nitrogen and oxygen atoms in total.